The molecule has 0 saturated heterocycles. The summed E-state index contributed by atoms with van der Waals surface area (Å²) < 4.78 is 1.82. The molecule has 0 bridgehead atoms. The molecule has 1 aromatic rings. The number of carbonyl (C=O) groups is 1. The number of nitrogens with zero attached hydrogens (tertiary/aromatic N) is 2. The number of aromatic nitrogens is 2. The van der Waals surface area contributed by atoms with Crippen LogP contribution < -0.4 is 5.32 Å². The summed E-state index contributed by atoms with van der Waals surface area (Å²) in [6.45, 7) is 6.67. The van der Waals surface area contributed by atoms with Gasteiger partial charge in [0.15, 0.2) is 0 Å². The fourth-order valence-electron chi connectivity index (χ4n) is 1.70. The zero-order valence-electron chi connectivity index (χ0n) is 10.6. The van der Waals surface area contributed by atoms with Gasteiger partial charge in [-0.05, 0) is 19.8 Å². The van der Waals surface area contributed by atoms with Gasteiger partial charge in [-0.2, -0.15) is 5.10 Å². The summed E-state index contributed by atoms with van der Waals surface area (Å²) in [5, 5.41) is 7.11. The third-order valence-electron chi connectivity index (χ3n) is 3.15. The second-order valence-corrected chi connectivity index (χ2v) is 4.11. The molecule has 1 heterocycles. The Hall–Kier alpha value is -1.32. The van der Waals surface area contributed by atoms with Crippen LogP contribution in [0.25, 0.3) is 0 Å². The average molecular weight is 223 g/mol. The van der Waals surface area contributed by atoms with E-state index in [1.54, 1.807) is 0 Å². The number of nitrogens with one attached hydrogen (secondary N) is 1. The van der Waals surface area contributed by atoms with E-state index in [1.807, 2.05) is 38.7 Å². The molecular formula is C12H21N3O. The second kappa shape index (κ2) is 5.68. The molecule has 4 heteroatoms. The monoisotopic (exact) mass is 223 g/mol. The van der Waals surface area contributed by atoms with Crippen molar-refractivity contribution < 1.29 is 4.79 Å². The summed E-state index contributed by atoms with van der Waals surface area (Å²) in [5.74, 6) is 0.283. The molecule has 1 amide bonds. The number of amides is 1. The van der Waals surface area contributed by atoms with Gasteiger partial charge in [-0.3, -0.25) is 9.48 Å². The first-order chi connectivity index (χ1) is 7.60. The highest BCUT2D eigenvalue weighted by molar-refractivity contribution is 5.78. The molecule has 90 valence electrons. The minimum absolute atomic E-state index is 0.136. The molecule has 1 rings (SSSR count). The predicted octanol–water partition coefficient (Wildman–Crippen LogP) is 1.78. The van der Waals surface area contributed by atoms with Gasteiger partial charge in [0.05, 0.1) is 6.20 Å². The summed E-state index contributed by atoms with van der Waals surface area (Å²) in [4.78, 5) is 11.8. The van der Waals surface area contributed by atoms with Crippen molar-refractivity contribution in [3.05, 3.63) is 17.5 Å². The Labute approximate surface area is 97.0 Å². The molecule has 1 aromatic heterocycles. The van der Waals surface area contributed by atoms with Crippen LogP contribution in [-0.4, -0.2) is 15.7 Å². The lowest BCUT2D eigenvalue weighted by Gasteiger charge is -2.12. The van der Waals surface area contributed by atoms with Crippen LogP contribution in [0.2, 0.25) is 0 Å². The summed E-state index contributed by atoms with van der Waals surface area (Å²) in [7, 11) is 1.90. The smallest absolute Gasteiger partial charge is 0.223 e. The van der Waals surface area contributed by atoms with Gasteiger partial charge < -0.3 is 5.32 Å². The van der Waals surface area contributed by atoms with Crippen LogP contribution in [0.5, 0.6) is 0 Å². The first-order valence-corrected chi connectivity index (χ1v) is 5.85. The standard InChI is InChI=1S/C12H21N3O/c1-5-10(6-2)12(16)13-7-11-8-14-15(4)9(11)3/h8,10H,5-7H2,1-4H3,(H,13,16). The molecule has 1 N–H and O–H groups in total. The quantitative estimate of drug-likeness (QED) is 0.827. The summed E-state index contributed by atoms with van der Waals surface area (Å²) in [5.41, 5.74) is 2.19. The van der Waals surface area contributed by atoms with E-state index in [1.165, 1.54) is 0 Å². The SMILES string of the molecule is CCC(CC)C(=O)NCc1cnn(C)c1C. The van der Waals surface area contributed by atoms with Crippen molar-refractivity contribution in [2.45, 2.75) is 40.2 Å². The Morgan fingerprint density at radius 2 is 2.12 bits per heavy atom. The maximum atomic E-state index is 11.8. The molecule has 0 atom stereocenters. The van der Waals surface area contributed by atoms with Crippen molar-refractivity contribution in [3.8, 4) is 0 Å². The number of hydrogen-bond acceptors (Lipinski definition) is 2. The zero-order valence-corrected chi connectivity index (χ0v) is 10.6. The minimum Gasteiger partial charge on any atom is -0.352 e. The Kier molecular flexibility index (Phi) is 4.52. The topological polar surface area (TPSA) is 46.9 Å². The third-order valence-corrected chi connectivity index (χ3v) is 3.15. The molecule has 0 aliphatic rings. The maximum Gasteiger partial charge on any atom is 0.223 e. The van der Waals surface area contributed by atoms with Gasteiger partial charge in [0.1, 0.15) is 0 Å². The summed E-state index contributed by atoms with van der Waals surface area (Å²) in [6, 6.07) is 0. The van der Waals surface area contributed by atoms with Gasteiger partial charge >= 0.3 is 0 Å². The third kappa shape index (κ3) is 2.84. The van der Waals surface area contributed by atoms with Crippen LogP contribution in [0, 0.1) is 12.8 Å². The molecule has 0 aliphatic carbocycles. The van der Waals surface area contributed by atoms with Crippen LogP contribution in [0.1, 0.15) is 37.9 Å². The second-order valence-electron chi connectivity index (χ2n) is 4.11. The minimum atomic E-state index is 0.136. The largest absolute Gasteiger partial charge is 0.352 e. The zero-order chi connectivity index (χ0) is 12.1. The molecule has 0 spiro atoms. The van der Waals surface area contributed by atoms with Gasteiger partial charge in [-0.25, -0.2) is 0 Å². The van der Waals surface area contributed by atoms with E-state index >= 15 is 0 Å². The van der Waals surface area contributed by atoms with Crippen molar-refractivity contribution in [2.24, 2.45) is 13.0 Å². The van der Waals surface area contributed by atoms with Crippen molar-refractivity contribution >= 4 is 5.91 Å². The van der Waals surface area contributed by atoms with E-state index in [9.17, 15) is 4.79 Å². The highest BCUT2D eigenvalue weighted by atomic mass is 16.1. The Bertz CT molecular complexity index is 353. The molecule has 0 aliphatic heterocycles. The lowest BCUT2D eigenvalue weighted by Crippen LogP contribution is -2.29. The molecule has 16 heavy (non-hydrogen) atoms. The van der Waals surface area contributed by atoms with Gasteiger partial charge in [0.25, 0.3) is 0 Å². The molecule has 0 radical (unpaired) electrons. The highest BCUT2D eigenvalue weighted by Crippen LogP contribution is 2.09. The number of hydrogen-bond donors (Lipinski definition) is 1. The average Bonchev–Trinajstić information content (AvgIpc) is 2.59. The first kappa shape index (κ1) is 12.7. The van der Waals surface area contributed by atoms with E-state index in [4.69, 9.17) is 0 Å². The van der Waals surface area contributed by atoms with Crippen LogP contribution in [0.4, 0.5) is 0 Å². The molecule has 0 aromatic carbocycles. The van der Waals surface area contributed by atoms with E-state index in [0.29, 0.717) is 6.54 Å². The van der Waals surface area contributed by atoms with E-state index in [-0.39, 0.29) is 11.8 Å². The Morgan fingerprint density at radius 1 is 1.50 bits per heavy atom. The lowest BCUT2D eigenvalue weighted by atomic mass is 10.0. The Balaban J connectivity index is 2.52. The Morgan fingerprint density at radius 3 is 2.56 bits per heavy atom. The van der Waals surface area contributed by atoms with Gasteiger partial charge in [0, 0.05) is 30.8 Å². The van der Waals surface area contributed by atoms with Crippen molar-refractivity contribution in [3.63, 3.8) is 0 Å². The lowest BCUT2D eigenvalue weighted by molar-refractivity contribution is -0.125. The number of aryl methyl sites for hydroxylation is 1. The molecule has 0 fully saturated rings. The van der Waals surface area contributed by atoms with Gasteiger partial charge in [0.2, 0.25) is 5.91 Å². The van der Waals surface area contributed by atoms with Crippen LogP contribution in [-0.2, 0) is 18.4 Å². The van der Waals surface area contributed by atoms with Crippen LogP contribution >= 0.6 is 0 Å². The van der Waals surface area contributed by atoms with E-state index in [0.717, 1.165) is 24.1 Å². The number of carbonyl (C=O) groups excluding carboxylic acids is 1. The van der Waals surface area contributed by atoms with Crippen LogP contribution in [0.15, 0.2) is 6.20 Å². The normalized spacial score (nSPS) is 10.8. The van der Waals surface area contributed by atoms with Gasteiger partial charge in [-0.1, -0.05) is 13.8 Å². The van der Waals surface area contributed by atoms with Gasteiger partial charge in [-0.15, -0.1) is 0 Å². The van der Waals surface area contributed by atoms with E-state index in [2.05, 4.69) is 10.4 Å². The van der Waals surface area contributed by atoms with Crippen LogP contribution in [0.3, 0.4) is 0 Å². The van der Waals surface area contributed by atoms with Crippen molar-refractivity contribution in [2.75, 3.05) is 0 Å². The maximum absolute atomic E-state index is 11.8. The van der Waals surface area contributed by atoms with E-state index < -0.39 is 0 Å². The molecular weight excluding hydrogens is 202 g/mol. The summed E-state index contributed by atoms with van der Waals surface area (Å²) >= 11 is 0. The first-order valence-electron chi connectivity index (χ1n) is 5.85. The van der Waals surface area contributed by atoms with Crippen molar-refractivity contribution in [1.82, 2.24) is 15.1 Å². The molecule has 0 saturated carbocycles. The fraction of sp³-hybridized carbons (Fsp3) is 0.667. The fourth-order valence-corrected chi connectivity index (χ4v) is 1.70. The highest BCUT2D eigenvalue weighted by Gasteiger charge is 2.14. The van der Waals surface area contributed by atoms with Crippen molar-refractivity contribution in [1.29, 1.82) is 0 Å². The number of rotatable bonds is 5. The molecule has 0 unspecified atom stereocenters. The summed E-state index contributed by atoms with van der Waals surface area (Å²) in [6.07, 6.45) is 3.60. The molecule has 4 nitrogen and oxygen atoms in total. The predicted molar refractivity (Wildman–Crippen MR) is 63.9 cm³/mol.